The first-order chi connectivity index (χ1) is 9.55. The molecule has 2 rings (SSSR count). The SMILES string of the molecule is CCC(N)(Cc1ccccc1)C(=O)c1cccc(O)c1. The fraction of sp³-hybridized carbons (Fsp3) is 0.235. The molecule has 3 N–H and O–H groups in total. The van der Waals surface area contributed by atoms with E-state index < -0.39 is 5.54 Å². The summed E-state index contributed by atoms with van der Waals surface area (Å²) in [4.78, 5) is 12.6. The van der Waals surface area contributed by atoms with Crippen molar-refractivity contribution >= 4 is 5.78 Å². The third kappa shape index (κ3) is 3.06. The molecule has 3 heteroatoms. The molecule has 0 saturated heterocycles. The molecular weight excluding hydrogens is 250 g/mol. The van der Waals surface area contributed by atoms with Crippen molar-refractivity contribution in [3.05, 3.63) is 65.7 Å². The van der Waals surface area contributed by atoms with Crippen LogP contribution in [0.2, 0.25) is 0 Å². The Morgan fingerprint density at radius 1 is 1.15 bits per heavy atom. The van der Waals surface area contributed by atoms with Crippen LogP contribution in [0.1, 0.15) is 29.3 Å². The van der Waals surface area contributed by atoms with Gasteiger partial charge >= 0.3 is 0 Å². The van der Waals surface area contributed by atoms with Crippen LogP contribution in [0.3, 0.4) is 0 Å². The highest BCUT2D eigenvalue weighted by atomic mass is 16.3. The maximum absolute atomic E-state index is 12.6. The van der Waals surface area contributed by atoms with Gasteiger partial charge in [-0.2, -0.15) is 0 Å². The van der Waals surface area contributed by atoms with Crippen LogP contribution < -0.4 is 5.73 Å². The van der Waals surface area contributed by atoms with Crippen molar-refractivity contribution in [1.29, 1.82) is 0 Å². The molecule has 0 fully saturated rings. The van der Waals surface area contributed by atoms with Crippen molar-refractivity contribution < 1.29 is 9.90 Å². The molecule has 0 saturated carbocycles. The lowest BCUT2D eigenvalue weighted by Gasteiger charge is -2.27. The molecule has 0 heterocycles. The van der Waals surface area contributed by atoms with Crippen molar-refractivity contribution in [3.63, 3.8) is 0 Å². The zero-order valence-electron chi connectivity index (χ0n) is 11.5. The van der Waals surface area contributed by atoms with Crippen molar-refractivity contribution in [3.8, 4) is 5.75 Å². The highest BCUT2D eigenvalue weighted by molar-refractivity contribution is 6.03. The van der Waals surface area contributed by atoms with Gasteiger partial charge in [0, 0.05) is 5.56 Å². The Labute approximate surface area is 119 Å². The molecule has 104 valence electrons. The molecular formula is C17H19NO2. The van der Waals surface area contributed by atoms with Crippen molar-refractivity contribution in [2.75, 3.05) is 0 Å². The van der Waals surface area contributed by atoms with E-state index in [-0.39, 0.29) is 11.5 Å². The minimum absolute atomic E-state index is 0.0778. The van der Waals surface area contributed by atoms with Crippen LogP contribution in [0.25, 0.3) is 0 Å². The third-order valence-corrected chi connectivity index (χ3v) is 3.55. The van der Waals surface area contributed by atoms with Crippen LogP contribution in [0.4, 0.5) is 0 Å². The lowest BCUT2D eigenvalue weighted by molar-refractivity contribution is 0.0882. The summed E-state index contributed by atoms with van der Waals surface area (Å²) in [6, 6.07) is 16.1. The van der Waals surface area contributed by atoms with E-state index in [4.69, 9.17) is 5.73 Å². The maximum Gasteiger partial charge on any atom is 0.183 e. The Balaban J connectivity index is 2.28. The quantitative estimate of drug-likeness (QED) is 0.820. The molecule has 0 bridgehead atoms. The predicted octanol–water partition coefficient (Wildman–Crippen LogP) is 2.93. The number of carbonyl (C=O) groups excluding carboxylic acids is 1. The van der Waals surface area contributed by atoms with Gasteiger partial charge in [0.15, 0.2) is 5.78 Å². The molecule has 2 aromatic rings. The first-order valence-electron chi connectivity index (χ1n) is 6.72. The summed E-state index contributed by atoms with van der Waals surface area (Å²) >= 11 is 0. The summed E-state index contributed by atoms with van der Waals surface area (Å²) in [5.74, 6) is -0.0613. The van der Waals surface area contributed by atoms with Gasteiger partial charge in [-0.3, -0.25) is 4.79 Å². The molecule has 1 atom stereocenters. The van der Waals surface area contributed by atoms with Gasteiger partial charge < -0.3 is 10.8 Å². The van der Waals surface area contributed by atoms with Gasteiger partial charge in [-0.05, 0) is 30.5 Å². The van der Waals surface area contributed by atoms with Gasteiger partial charge in [-0.15, -0.1) is 0 Å². The van der Waals surface area contributed by atoms with E-state index in [1.807, 2.05) is 37.3 Å². The second-order valence-electron chi connectivity index (χ2n) is 5.05. The van der Waals surface area contributed by atoms with Crippen LogP contribution in [0, 0.1) is 0 Å². The minimum atomic E-state index is -0.949. The van der Waals surface area contributed by atoms with E-state index in [0.717, 1.165) is 5.56 Å². The molecule has 0 aromatic heterocycles. The van der Waals surface area contributed by atoms with Crippen LogP contribution in [-0.2, 0) is 6.42 Å². The summed E-state index contributed by atoms with van der Waals surface area (Å²) in [7, 11) is 0. The predicted molar refractivity (Wildman–Crippen MR) is 79.8 cm³/mol. The first kappa shape index (κ1) is 14.3. The molecule has 0 spiro atoms. The second kappa shape index (κ2) is 5.88. The number of Topliss-reactive ketones (excluding diaryl/α,β-unsaturated/α-hetero) is 1. The van der Waals surface area contributed by atoms with E-state index >= 15 is 0 Å². The van der Waals surface area contributed by atoms with E-state index in [2.05, 4.69) is 0 Å². The standard InChI is InChI=1S/C17H19NO2/c1-2-17(18,12-13-7-4-3-5-8-13)16(20)14-9-6-10-15(19)11-14/h3-11,19H,2,12,18H2,1H3. The highest BCUT2D eigenvalue weighted by Crippen LogP contribution is 2.22. The average Bonchev–Trinajstić information content (AvgIpc) is 2.47. The number of phenolic OH excluding ortho intramolecular Hbond substituents is 1. The molecule has 20 heavy (non-hydrogen) atoms. The zero-order chi connectivity index (χ0) is 14.6. The van der Waals surface area contributed by atoms with Gasteiger partial charge in [-0.25, -0.2) is 0 Å². The van der Waals surface area contributed by atoms with Crippen molar-refractivity contribution in [2.24, 2.45) is 5.73 Å². The molecule has 0 aliphatic carbocycles. The smallest absolute Gasteiger partial charge is 0.183 e. The number of phenols is 1. The number of aromatic hydroxyl groups is 1. The number of ketones is 1. The number of benzene rings is 2. The van der Waals surface area contributed by atoms with E-state index in [1.165, 1.54) is 12.1 Å². The summed E-state index contributed by atoms with van der Waals surface area (Å²) in [6.07, 6.45) is 1.02. The Bertz CT molecular complexity index is 595. The van der Waals surface area contributed by atoms with Crippen LogP contribution in [-0.4, -0.2) is 16.4 Å². The average molecular weight is 269 g/mol. The Hall–Kier alpha value is -2.13. The minimum Gasteiger partial charge on any atom is -0.508 e. The van der Waals surface area contributed by atoms with Gasteiger partial charge in [0.25, 0.3) is 0 Å². The maximum atomic E-state index is 12.6. The zero-order valence-corrected chi connectivity index (χ0v) is 11.5. The Morgan fingerprint density at radius 3 is 2.45 bits per heavy atom. The summed E-state index contributed by atoms with van der Waals surface area (Å²) in [5.41, 5.74) is 6.86. The summed E-state index contributed by atoms with van der Waals surface area (Å²) in [5, 5.41) is 9.50. The fourth-order valence-corrected chi connectivity index (χ4v) is 2.26. The second-order valence-corrected chi connectivity index (χ2v) is 5.05. The van der Waals surface area contributed by atoms with Gasteiger partial charge in [0.2, 0.25) is 0 Å². The number of hydrogen-bond acceptors (Lipinski definition) is 3. The van der Waals surface area contributed by atoms with Gasteiger partial charge in [0.1, 0.15) is 5.75 Å². The Kier molecular flexibility index (Phi) is 4.20. The molecule has 0 amide bonds. The Morgan fingerprint density at radius 2 is 1.85 bits per heavy atom. The van der Waals surface area contributed by atoms with Crippen LogP contribution in [0.5, 0.6) is 5.75 Å². The fourth-order valence-electron chi connectivity index (χ4n) is 2.26. The summed E-state index contributed by atoms with van der Waals surface area (Å²) < 4.78 is 0. The topological polar surface area (TPSA) is 63.3 Å². The van der Waals surface area contributed by atoms with Crippen LogP contribution in [0.15, 0.2) is 54.6 Å². The van der Waals surface area contributed by atoms with E-state index in [1.54, 1.807) is 12.1 Å². The van der Waals surface area contributed by atoms with E-state index in [0.29, 0.717) is 18.4 Å². The van der Waals surface area contributed by atoms with Crippen molar-refractivity contribution in [1.82, 2.24) is 0 Å². The molecule has 3 nitrogen and oxygen atoms in total. The normalized spacial score (nSPS) is 13.7. The monoisotopic (exact) mass is 269 g/mol. The van der Waals surface area contributed by atoms with Crippen molar-refractivity contribution in [2.45, 2.75) is 25.3 Å². The number of rotatable bonds is 5. The molecule has 0 aliphatic heterocycles. The third-order valence-electron chi connectivity index (χ3n) is 3.55. The number of carbonyl (C=O) groups is 1. The van der Waals surface area contributed by atoms with Gasteiger partial charge in [-0.1, -0.05) is 49.4 Å². The van der Waals surface area contributed by atoms with Crippen LogP contribution >= 0.6 is 0 Å². The van der Waals surface area contributed by atoms with Gasteiger partial charge in [0.05, 0.1) is 5.54 Å². The lowest BCUT2D eigenvalue weighted by Crippen LogP contribution is -2.49. The summed E-state index contributed by atoms with van der Waals surface area (Å²) in [6.45, 7) is 1.91. The molecule has 0 aliphatic rings. The number of nitrogens with two attached hydrogens (primary N) is 1. The van der Waals surface area contributed by atoms with E-state index in [9.17, 15) is 9.90 Å². The molecule has 0 radical (unpaired) electrons. The highest BCUT2D eigenvalue weighted by Gasteiger charge is 2.33. The molecule has 1 unspecified atom stereocenters. The lowest BCUT2D eigenvalue weighted by atomic mass is 9.82. The molecule has 2 aromatic carbocycles. The largest absolute Gasteiger partial charge is 0.508 e. The first-order valence-corrected chi connectivity index (χ1v) is 6.72. The number of hydrogen-bond donors (Lipinski definition) is 2.